The van der Waals surface area contributed by atoms with Gasteiger partial charge in [-0.05, 0) is 80.3 Å². The van der Waals surface area contributed by atoms with E-state index in [-0.39, 0.29) is 0 Å². The van der Waals surface area contributed by atoms with Crippen molar-refractivity contribution >= 4 is 34.8 Å². The third kappa shape index (κ3) is 3.76. The lowest BCUT2D eigenvalue weighted by atomic mass is 10.0. The topological polar surface area (TPSA) is 17.8 Å². The zero-order chi connectivity index (χ0) is 21.6. The van der Waals surface area contributed by atoms with Gasteiger partial charge in [-0.2, -0.15) is 5.10 Å². The summed E-state index contributed by atoms with van der Waals surface area (Å²) < 4.78 is 1.82. The Morgan fingerprint density at radius 2 is 1.27 bits per heavy atom. The summed E-state index contributed by atoms with van der Waals surface area (Å²) in [7, 11) is 0. The number of aryl methyl sites for hydroxylation is 4. The highest BCUT2D eigenvalue weighted by Crippen LogP contribution is 2.40. The monoisotopic (exact) mass is 454 g/mol. The molecule has 4 rings (SSSR count). The molecule has 4 aromatic rings. The van der Waals surface area contributed by atoms with Crippen molar-refractivity contribution in [3.05, 3.63) is 91.9 Å². The molecular formula is C25H21Cl3N2. The first-order valence-electron chi connectivity index (χ1n) is 9.65. The Kier molecular flexibility index (Phi) is 5.67. The van der Waals surface area contributed by atoms with Crippen molar-refractivity contribution in [1.29, 1.82) is 0 Å². The third-order valence-electron chi connectivity index (χ3n) is 5.53. The normalized spacial score (nSPS) is 11.2. The summed E-state index contributed by atoms with van der Waals surface area (Å²) in [5, 5.41) is 6.57. The lowest BCUT2D eigenvalue weighted by molar-refractivity contribution is 0.892. The van der Waals surface area contributed by atoms with E-state index in [1.165, 1.54) is 22.3 Å². The smallest absolute Gasteiger partial charge is 0.112 e. The van der Waals surface area contributed by atoms with Gasteiger partial charge in [-0.25, -0.2) is 4.68 Å². The number of rotatable bonds is 3. The minimum Gasteiger partial charge on any atom is -0.229 e. The van der Waals surface area contributed by atoms with Crippen molar-refractivity contribution in [2.45, 2.75) is 27.7 Å². The van der Waals surface area contributed by atoms with Gasteiger partial charge in [-0.3, -0.25) is 0 Å². The highest BCUT2D eigenvalue weighted by atomic mass is 35.5. The molecular weight excluding hydrogens is 435 g/mol. The minimum absolute atomic E-state index is 0.512. The maximum atomic E-state index is 6.96. The molecule has 1 aromatic heterocycles. The maximum absolute atomic E-state index is 6.96. The quantitative estimate of drug-likeness (QED) is 0.303. The van der Waals surface area contributed by atoms with E-state index < -0.39 is 0 Å². The number of benzene rings is 3. The summed E-state index contributed by atoms with van der Waals surface area (Å²) in [6, 6.07) is 17.9. The number of hydrogen-bond donors (Lipinski definition) is 0. The van der Waals surface area contributed by atoms with E-state index in [9.17, 15) is 0 Å². The molecule has 0 spiro atoms. The Labute approximate surface area is 192 Å². The van der Waals surface area contributed by atoms with Gasteiger partial charge in [-0.15, -0.1) is 0 Å². The highest BCUT2D eigenvalue weighted by molar-refractivity contribution is 6.37. The van der Waals surface area contributed by atoms with E-state index in [0.29, 0.717) is 15.1 Å². The standard InChI is InChI=1S/C25H21Cl3N2/c1-14-5-7-18(11-16(14)3)24-23(28)25(19-8-6-15(2)17(4)12-19)30(29-24)22-10-9-20(26)13-21(22)27/h5-13H,1-4H3. The van der Waals surface area contributed by atoms with Gasteiger partial charge >= 0.3 is 0 Å². The van der Waals surface area contributed by atoms with E-state index in [0.717, 1.165) is 28.2 Å². The van der Waals surface area contributed by atoms with E-state index in [1.54, 1.807) is 12.1 Å². The highest BCUT2D eigenvalue weighted by Gasteiger charge is 2.22. The molecule has 0 aliphatic rings. The first kappa shape index (κ1) is 21.0. The summed E-state index contributed by atoms with van der Waals surface area (Å²) in [6.07, 6.45) is 0. The fourth-order valence-corrected chi connectivity index (χ4v) is 4.26. The van der Waals surface area contributed by atoms with E-state index in [2.05, 4.69) is 64.1 Å². The first-order chi connectivity index (χ1) is 14.3. The Morgan fingerprint density at radius 1 is 0.667 bits per heavy atom. The second kappa shape index (κ2) is 8.11. The molecule has 0 fully saturated rings. The van der Waals surface area contributed by atoms with Gasteiger partial charge in [0.15, 0.2) is 0 Å². The van der Waals surface area contributed by atoms with Crippen LogP contribution in [0.5, 0.6) is 0 Å². The van der Waals surface area contributed by atoms with Crippen molar-refractivity contribution in [2.75, 3.05) is 0 Å². The molecule has 0 bridgehead atoms. The molecule has 2 nitrogen and oxygen atoms in total. The van der Waals surface area contributed by atoms with Crippen molar-refractivity contribution in [3.8, 4) is 28.2 Å². The van der Waals surface area contributed by atoms with Crippen LogP contribution in [-0.2, 0) is 0 Å². The lowest BCUT2D eigenvalue weighted by Gasteiger charge is -2.11. The average Bonchev–Trinajstić information content (AvgIpc) is 3.03. The van der Waals surface area contributed by atoms with Crippen LogP contribution in [-0.4, -0.2) is 9.78 Å². The summed E-state index contributed by atoms with van der Waals surface area (Å²) in [4.78, 5) is 0. The molecule has 152 valence electrons. The van der Waals surface area contributed by atoms with Gasteiger partial charge in [0.1, 0.15) is 5.69 Å². The largest absolute Gasteiger partial charge is 0.229 e. The molecule has 0 N–H and O–H groups in total. The Balaban J connectivity index is 2.02. The van der Waals surface area contributed by atoms with E-state index >= 15 is 0 Å². The maximum Gasteiger partial charge on any atom is 0.112 e. The Morgan fingerprint density at radius 3 is 1.87 bits per heavy atom. The molecule has 0 atom stereocenters. The summed E-state index contributed by atoms with van der Waals surface area (Å²) in [5.74, 6) is 0. The van der Waals surface area contributed by atoms with Crippen molar-refractivity contribution in [2.24, 2.45) is 0 Å². The van der Waals surface area contributed by atoms with Crippen molar-refractivity contribution in [1.82, 2.24) is 9.78 Å². The van der Waals surface area contributed by atoms with Crippen LogP contribution in [0.25, 0.3) is 28.2 Å². The Bertz CT molecular complexity index is 1270. The molecule has 1 heterocycles. The van der Waals surface area contributed by atoms with Gasteiger partial charge in [0.25, 0.3) is 0 Å². The third-order valence-corrected chi connectivity index (χ3v) is 6.42. The molecule has 0 saturated heterocycles. The summed E-state index contributed by atoms with van der Waals surface area (Å²) in [5.41, 5.74) is 9.03. The number of hydrogen-bond acceptors (Lipinski definition) is 1. The lowest BCUT2D eigenvalue weighted by Crippen LogP contribution is -2.01. The molecule has 0 aliphatic carbocycles. The second-order valence-corrected chi connectivity index (χ2v) is 8.84. The number of halogens is 3. The molecule has 5 heteroatoms. The molecule has 30 heavy (non-hydrogen) atoms. The number of aromatic nitrogens is 2. The summed E-state index contributed by atoms with van der Waals surface area (Å²) >= 11 is 19.6. The zero-order valence-electron chi connectivity index (χ0n) is 17.2. The van der Waals surface area contributed by atoms with E-state index in [4.69, 9.17) is 39.9 Å². The minimum atomic E-state index is 0.512. The SMILES string of the molecule is Cc1ccc(-c2nn(-c3ccc(Cl)cc3Cl)c(-c3ccc(C)c(C)c3)c2Cl)cc1C. The molecule has 0 radical (unpaired) electrons. The van der Waals surface area contributed by atoms with Crippen LogP contribution in [0.4, 0.5) is 0 Å². The van der Waals surface area contributed by atoms with Crippen molar-refractivity contribution in [3.63, 3.8) is 0 Å². The predicted octanol–water partition coefficient (Wildman–Crippen LogP) is 8.40. The van der Waals surface area contributed by atoms with Gasteiger partial charge in [0.05, 0.1) is 21.4 Å². The Hall–Kier alpha value is -2.26. The van der Waals surface area contributed by atoms with Crippen LogP contribution in [0.15, 0.2) is 54.6 Å². The zero-order valence-corrected chi connectivity index (χ0v) is 19.5. The fourth-order valence-electron chi connectivity index (χ4n) is 3.44. The van der Waals surface area contributed by atoms with Crippen LogP contribution >= 0.6 is 34.8 Å². The van der Waals surface area contributed by atoms with Gasteiger partial charge in [0, 0.05) is 16.1 Å². The second-order valence-electron chi connectivity index (χ2n) is 7.62. The molecule has 0 amide bonds. The van der Waals surface area contributed by atoms with Gasteiger partial charge < -0.3 is 0 Å². The number of nitrogens with zero attached hydrogens (tertiary/aromatic N) is 2. The van der Waals surface area contributed by atoms with Crippen LogP contribution in [0.2, 0.25) is 15.1 Å². The molecule has 3 aromatic carbocycles. The molecule has 0 unspecified atom stereocenters. The van der Waals surface area contributed by atoms with Crippen LogP contribution in [0, 0.1) is 27.7 Å². The van der Waals surface area contributed by atoms with Gasteiger partial charge in [0.2, 0.25) is 0 Å². The van der Waals surface area contributed by atoms with Crippen LogP contribution in [0.3, 0.4) is 0 Å². The fraction of sp³-hybridized carbons (Fsp3) is 0.160. The average molecular weight is 456 g/mol. The molecule has 0 aliphatic heterocycles. The van der Waals surface area contributed by atoms with Crippen LogP contribution < -0.4 is 0 Å². The first-order valence-corrected chi connectivity index (χ1v) is 10.8. The van der Waals surface area contributed by atoms with Crippen LogP contribution in [0.1, 0.15) is 22.3 Å². The van der Waals surface area contributed by atoms with Gasteiger partial charge in [-0.1, -0.05) is 59.1 Å². The molecule has 0 saturated carbocycles. The predicted molar refractivity (Wildman–Crippen MR) is 128 cm³/mol. The van der Waals surface area contributed by atoms with Crippen molar-refractivity contribution < 1.29 is 0 Å². The van der Waals surface area contributed by atoms with E-state index in [1.807, 2.05) is 10.7 Å². The summed E-state index contributed by atoms with van der Waals surface area (Å²) in [6.45, 7) is 8.36.